The average Bonchev–Trinajstić information content (AvgIpc) is 2.31. The summed E-state index contributed by atoms with van der Waals surface area (Å²) in [6.45, 7) is 4.76. The first-order valence-corrected chi connectivity index (χ1v) is 7.60. The molecule has 1 aliphatic rings. The van der Waals surface area contributed by atoms with Crippen LogP contribution in [0.5, 0.6) is 0 Å². The van der Waals surface area contributed by atoms with Crippen molar-refractivity contribution in [2.75, 3.05) is 27.2 Å². The molecular formula is C15H32N2. The summed E-state index contributed by atoms with van der Waals surface area (Å²) >= 11 is 0. The highest BCUT2D eigenvalue weighted by atomic mass is 15.0. The van der Waals surface area contributed by atoms with Crippen LogP contribution in [-0.4, -0.2) is 38.1 Å². The van der Waals surface area contributed by atoms with E-state index in [1.165, 1.54) is 64.5 Å². The fourth-order valence-corrected chi connectivity index (χ4v) is 2.92. The first kappa shape index (κ1) is 15.0. The summed E-state index contributed by atoms with van der Waals surface area (Å²) in [5, 5.41) is 3.74. The zero-order chi connectivity index (χ0) is 12.5. The van der Waals surface area contributed by atoms with Gasteiger partial charge in [0.15, 0.2) is 0 Å². The second-order valence-corrected chi connectivity index (χ2v) is 5.97. The molecule has 1 aliphatic carbocycles. The van der Waals surface area contributed by atoms with Gasteiger partial charge in [-0.15, -0.1) is 0 Å². The molecule has 0 aromatic rings. The molecule has 102 valence electrons. The van der Waals surface area contributed by atoms with Gasteiger partial charge in [-0.25, -0.2) is 0 Å². The summed E-state index contributed by atoms with van der Waals surface area (Å²) < 4.78 is 0. The van der Waals surface area contributed by atoms with Gasteiger partial charge in [-0.2, -0.15) is 0 Å². The highest BCUT2D eigenvalue weighted by Gasteiger charge is 2.19. The first-order valence-electron chi connectivity index (χ1n) is 7.60. The van der Waals surface area contributed by atoms with E-state index >= 15 is 0 Å². The third kappa shape index (κ3) is 7.05. The molecule has 1 saturated carbocycles. The molecule has 2 nitrogen and oxygen atoms in total. The lowest BCUT2D eigenvalue weighted by molar-refractivity contribution is 0.276. The fourth-order valence-electron chi connectivity index (χ4n) is 2.92. The van der Waals surface area contributed by atoms with E-state index in [4.69, 9.17) is 0 Å². The van der Waals surface area contributed by atoms with Crippen LogP contribution in [0.1, 0.15) is 58.3 Å². The van der Waals surface area contributed by atoms with Gasteiger partial charge in [-0.05, 0) is 71.6 Å². The Morgan fingerprint density at radius 2 is 1.76 bits per heavy atom. The van der Waals surface area contributed by atoms with Gasteiger partial charge in [0.05, 0.1) is 0 Å². The van der Waals surface area contributed by atoms with Gasteiger partial charge in [0.2, 0.25) is 0 Å². The van der Waals surface area contributed by atoms with Crippen LogP contribution in [0.3, 0.4) is 0 Å². The van der Waals surface area contributed by atoms with Crippen LogP contribution in [-0.2, 0) is 0 Å². The van der Waals surface area contributed by atoms with Crippen molar-refractivity contribution in [2.45, 2.75) is 64.3 Å². The molecule has 0 heterocycles. The Hall–Kier alpha value is -0.0800. The van der Waals surface area contributed by atoms with Gasteiger partial charge in [0.1, 0.15) is 0 Å². The third-order valence-electron chi connectivity index (χ3n) is 4.01. The zero-order valence-corrected chi connectivity index (χ0v) is 12.2. The van der Waals surface area contributed by atoms with Gasteiger partial charge in [0, 0.05) is 6.04 Å². The maximum absolute atomic E-state index is 3.74. The van der Waals surface area contributed by atoms with Crippen LogP contribution in [0, 0.1) is 5.92 Å². The molecule has 0 atom stereocenters. The minimum Gasteiger partial charge on any atom is -0.314 e. The van der Waals surface area contributed by atoms with Crippen LogP contribution < -0.4 is 5.32 Å². The second-order valence-electron chi connectivity index (χ2n) is 5.97. The standard InChI is InChI=1S/C15H32N2/c1-4-7-14-8-10-15(11-9-14)16-12-5-6-13-17(2)3/h14-16H,4-13H2,1-3H3. The van der Waals surface area contributed by atoms with E-state index in [0.717, 1.165) is 12.0 Å². The van der Waals surface area contributed by atoms with E-state index in [0.29, 0.717) is 0 Å². The van der Waals surface area contributed by atoms with Crippen molar-refractivity contribution in [2.24, 2.45) is 5.92 Å². The molecule has 0 bridgehead atoms. The Morgan fingerprint density at radius 3 is 2.35 bits per heavy atom. The van der Waals surface area contributed by atoms with Crippen molar-refractivity contribution < 1.29 is 0 Å². The first-order chi connectivity index (χ1) is 8.22. The van der Waals surface area contributed by atoms with Crippen molar-refractivity contribution in [3.63, 3.8) is 0 Å². The monoisotopic (exact) mass is 240 g/mol. The van der Waals surface area contributed by atoms with E-state index < -0.39 is 0 Å². The average molecular weight is 240 g/mol. The van der Waals surface area contributed by atoms with Crippen LogP contribution in [0.4, 0.5) is 0 Å². The van der Waals surface area contributed by atoms with E-state index in [2.05, 4.69) is 31.2 Å². The molecule has 0 aromatic carbocycles. The highest BCUT2D eigenvalue weighted by Crippen LogP contribution is 2.27. The molecule has 0 aliphatic heterocycles. The lowest BCUT2D eigenvalue weighted by Crippen LogP contribution is -2.34. The van der Waals surface area contributed by atoms with E-state index in [-0.39, 0.29) is 0 Å². The Labute approximate surface area is 108 Å². The topological polar surface area (TPSA) is 15.3 Å². The minimum atomic E-state index is 0.822. The molecule has 1 N–H and O–H groups in total. The van der Waals surface area contributed by atoms with Crippen molar-refractivity contribution in [3.05, 3.63) is 0 Å². The van der Waals surface area contributed by atoms with Gasteiger partial charge in [-0.1, -0.05) is 19.8 Å². The summed E-state index contributed by atoms with van der Waals surface area (Å²) in [4.78, 5) is 2.27. The summed E-state index contributed by atoms with van der Waals surface area (Å²) in [5.74, 6) is 1.03. The molecule has 2 heteroatoms. The van der Waals surface area contributed by atoms with Gasteiger partial charge in [0.25, 0.3) is 0 Å². The Balaban J connectivity index is 1.95. The number of hydrogen-bond acceptors (Lipinski definition) is 2. The largest absolute Gasteiger partial charge is 0.314 e. The molecule has 17 heavy (non-hydrogen) atoms. The van der Waals surface area contributed by atoms with Gasteiger partial charge < -0.3 is 10.2 Å². The van der Waals surface area contributed by atoms with Crippen LogP contribution in [0.2, 0.25) is 0 Å². The Morgan fingerprint density at radius 1 is 1.06 bits per heavy atom. The molecule has 0 radical (unpaired) electrons. The second kappa shape index (κ2) is 8.93. The molecule has 0 spiro atoms. The predicted octanol–water partition coefficient (Wildman–Crippen LogP) is 3.28. The summed E-state index contributed by atoms with van der Waals surface area (Å²) in [5.41, 5.74) is 0. The number of nitrogens with one attached hydrogen (secondary N) is 1. The fraction of sp³-hybridized carbons (Fsp3) is 1.00. The molecule has 1 fully saturated rings. The lowest BCUT2D eigenvalue weighted by atomic mass is 9.83. The van der Waals surface area contributed by atoms with Crippen LogP contribution in [0.15, 0.2) is 0 Å². The number of hydrogen-bond donors (Lipinski definition) is 1. The molecule has 0 amide bonds. The summed E-state index contributed by atoms with van der Waals surface area (Å²) in [7, 11) is 4.31. The predicted molar refractivity (Wildman–Crippen MR) is 76.4 cm³/mol. The number of rotatable bonds is 8. The molecule has 0 aromatic heterocycles. The van der Waals surface area contributed by atoms with Crippen molar-refractivity contribution in [1.82, 2.24) is 10.2 Å². The number of unbranched alkanes of at least 4 members (excludes halogenated alkanes) is 1. The zero-order valence-electron chi connectivity index (χ0n) is 12.2. The van der Waals surface area contributed by atoms with Gasteiger partial charge >= 0.3 is 0 Å². The van der Waals surface area contributed by atoms with Crippen molar-refractivity contribution in [1.29, 1.82) is 0 Å². The van der Waals surface area contributed by atoms with Gasteiger partial charge in [-0.3, -0.25) is 0 Å². The molecule has 0 saturated heterocycles. The van der Waals surface area contributed by atoms with E-state index in [1.807, 2.05) is 0 Å². The minimum absolute atomic E-state index is 0.822. The number of nitrogens with zero attached hydrogens (tertiary/aromatic N) is 1. The quantitative estimate of drug-likeness (QED) is 0.655. The maximum atomic E-state index is 3.74. The van der Waals surface area contributed by atoms with Crippen molar-refractivity contribution in [3.8, 4) is 0 Å². The smallest absolute Gasteiger partial charge is 0.00672 e. The van der Waals surface area contributed by atoms with Crippen molar-refractivity contribution >= 4 is 0 Å². The maximum Gasteiger partial charge on any atom is 0.00672 e. The van der Waals surface area contributed by atoms with Crippen LogP contribution >= 0.6 is 0 Å². The molecular weight excluding hydrogens is 208 g/mol. The summed E-state index contributed by atoms with van der Waals surface area (Å²) in [6, 6.07) is 0.822. The Bertz CT molecular complexity index is 172. The SMILES string of the molecule is CCCC1CCC(NCCCCN(C)C)CC1. The molecule has 0 unspecified atom stereocenters. The Kier molecular flexibility index (Phi) is 7.87. The molecule has 1 rings (SSSR count). The van der Waals surface area contributed by atoms with E-state index in [1.54, 1.807) is 0 Å². The third-order valence-corrected chi connectivity index (χ3v) is 4.01. The highest BCUT2D eigenvalue weighted by molar-refractivity contribution is 4.76. The van der Waals surface area contributed by atoms with E-state index in [9.17, 15) is 0 Å². The summed E-state index contributed by atoms with van der Waals surface area (Å²) in [6.07, 6.45) is 11.2. The lowest BCUT2D eigenvalue weighted by Gasteiger charge is -2.29. The normalized spacial score (nSPS) is 25.4. The van der Waals surface area contributed by atoms with Crippen LogP contribution in [0.25, 0.3) is 0 Å².